The highest BCUT2D eigenvalue weighted by atomic mass is 32.2. The van der Waals surface area contributed by atoms with E-state index in [1.54, 1.807) is 0 Å². The number of pyridine rings is 1. The summed E-state index contributed by atoms with van der Waals surface area (Å²) in [6.45, 7) is 0. The standard InChI is InChI=1S/C20H14F9NO2S/c1-33(31,32)13-5-2-11(3-6-13)14-8-17(19(24,25)26,20(27,28)29)9-15(14)12-4-7-16(30-10-12)18(21,22)23/h2-7,10H,8-9H2,1H3. The number of hydrogen-bond acceptors (Lipinski definition) is 3. The van der Waals surface area contributed by atoms with Crippen molar-refractivity contribution in [2.45, 2.75) is 36.3 Å². The van der Waals surface area contributed by atoms with Crippen molar-refractivity contribution in [1.82, 2.24) is 4.98 Å². The zero-order chi connectivity index (χ0) is 25.0. The molecule has 0 amide bonds. The van der Waals surface area contributed by atoms with E-state index in [0.29, 0.717) is 12.3 Å². The number of nitrogens with zero attached hydrogens (tertiary/aromatic N) is 1. The van der Waals surface area contributed by atoms with Crippen LogP contribution in [-0.4, -0.2) is 32.0 Å². The monoisotopic (exact) mass is 503 g/mol. The van der Waals surface area contributed by atoms with E-state index in [-0.39, 0.29) is 16.0 Å². The van der Waals surface area contributed by atoms with Crippen LogP contribution in [0.5, 0.6) is 0 Å². The van der Waals surface area contributed by atoms with Gasteiger partial charge in [-0.05, 0) is 53.3 Å². The molecule has 3 rings (SSSR count). The molecule has 1 aromatic carbocycles. The van der Waals surface area contributed by atoms with Crippen LogP contribution in [0.3, 0.4) is 0 Å². The Balaban J connectivity index is 2.20. The number of sulfone groups is 1. The predicted octanol–water partition coefficient (Wildman–Crippen LogP) is 6.32. The Morgan fingerprint density at radius 3 is 1.58 bits per heavy atom. The van der Waals surface area contributed by atoms with E-state index >= 15 is 0 Å². The van der Waals surface area contributed by atoms with Gasteiger partial charge in [-0.15, -0.1) is 0 Å². The molecule has 0 aliphatic heterocycles. The molecule has 180 valence electrons. The van der Waals surface area contributed by atoms with Crippen molar-refractivity contribution >= 4 is 21.0 Å². The van der Waals surface area contributed by atoms with E-state index in [1.165, 1.54) is 0 Å². The second-order valence-electron chi connectivity index (χ2n) is 7.61. The summed E-state index contributed by atoms with van der Waals surface area (Å²) < 4.78 is 144. The summed E-state index contributed by atoms with van der Waals surface area (Å²) in [4.78, 5) is 2.93. The Morgan fingerprint density at radius 1 is 0.758 bits per heavy atom. The third-order valence-electron chi connectivity index (χ3n) is 5.44. The van der Waals surface area contributed by atoms with E-state index in [4.69, 9.17) is 0 Å². The molecule has 1 aromatic heterocycles. The largest absolute Gasteiger partial charge is 0.433 e. The quantitative estimate of drug-likeness (QED) is 0.461. The SMILES string of the molecule is CS(=O)(=O)c1ccc(C2=C(c3ccc(C(F)(F)F)nc3)CC(C(F)(F)F)(C(F)(F)F)C2)cc1. The first-order chi connectivity index (χ1) is 14.9. The van der Waals surface area contributed by atoms with Gasteiger partial charge in [-0.25, -0.2) is 8.42 Å². The smallest absolute Gasteiger partial charge is 0.251 e. The summed E-state index contributed by atoms with van der Waals surface area (Å²) in [7, 11) is -3.69. The highest BCUT2D eigenvalue weighted by molar-refractivity contribution is 7.90. The molecule has 1 heterocycles. The fraction of sp³-hybridized carbons (Fsp3) is 0.350. The van der Waals surface area contributed by atoms with Gasteiger partial charge < -0.3 is 0 Å². The van der Waals surface area contributed by atoms with Crippen molar-refractivity contribution in [2.75, 3.05) is 6.26 Å². The Bertz CT molecular complexity index is 1160. The fourth-order valence-electron chi connectivity index (χ4n) is 3.64. The van der Waals surface area contributed by atoms with Crippen LogP contribution < -0.4 is 0 Å². The number of aromatic nitrogens is 1. The lowest BCUT2D eigenvalue weighted by Crippen LogP contribution is -2.48. The molecule has 0 spiro atoms. The Hall–Kier alpha value is -2.57. The molecular formula is C20H14F9NO2S. The first-order valence-corrected chi connectivity index (χ1v) is 11.0. The number of benzene rings is 1. The minimum absolute atomic E-state index is 0.118. The van der Waals surface area contributed by atoms with Gasteiger partial charge in [0.05, 0.1) is 4.90 Å². The Labute approximate surface area is 181 Å². The third-order valence-corrected chi connectivity index (χ3v) is 6.57. The average molecular weight is 503 g/mol. The van der Waals surface area contributed by atoms with Crippen molar-refractivity contribution in [2.24, 2.45) is 5.41 Å². The van der Waals surface area contributed by atoms with Gasteiger partial charge in [0.2, 0.25) is 0 Å². The highest BCUT2D eigenvalue weighted by Crippen LogP contribution is 2.64. The highest BCUT2D eigenvalue weighted by Gasteiger charge is 2.72. The maximum atomic E-state index is 13.7. The molecule has 0 radical (unpaired) electrons. The van der Waals surface area contributed by atoms with Gasteiger partial charge in [-0.1, -0.05) is 18.2 Å². The van der Waals surface area contributed by atoms with Crippen LogP contribution in [0.2, 0.25) is 0 Å². The molecule has 0 fully saturated rings. The summed E-state index contributed by atoms with van der Waals surface area (Å²) in [5.41, 5.74) is -6.86. The molecule has 0 N–H and O–H groups in total. The normalized spacial score (nSPS) is 17.5. The molecule has 0 bridgehead atoms. The number of rotatable bonds is 3. The molecule has 1 aliphatic rings. The zero-order valence-electron chi connectivity index (χ0n) is 16.5. The Kier molecular flexibility index (Phi) is 5.88. The second kappa shape index (κ2) is 7.74. The molecule has 1 aliphatic carbocycles. The van der Waals surface area contributed by atoms with E-state index in [0.717, 1.165) is 36.6 Å². The van der Waals surface area contributed by atoms with E-state index in [9.17, 15) is 47.9 Å². The van der Waals surface area contributed by atoms with E-state index in [1.807, 2.05) is 0 Å². The minimum Gasteiger partial charge on any atom is -0.251 e. The third kappa shape index (κ3) is 4.59. The topological polar surface area (TPSA) is 47.0 Å². The Morgan fingerprint density at radius 2 is 1.21 bits per heavy atom. The number of allylic oxidation sites excluding steroid dienone is 2. The summed E-state index contributed by atoms with van der Waals surface area (Å²) >= 11 is 0. The van der Waals surface area contributed by atoms with Crippen LogP contribution >= 0.6 is 0 Å². The van der Waals surface area contributed by atoms with Gasteiger partial charge in [-0.2, -0.15) is 39.5 Å². The lowest BCUT2D eigenvalue weighted by Gasteiger charge is -2.34. The average Bonchev–Trinajstić information content (AvgIpc) is 3.09. The van der Waals surface area contributed by atoms with Crippen molar-refractivity contribution in [3.8, 4) is 0 Å². The molecule has 0 saturated carbocycles. The van der Waals surface area contributed by atoms with Crippen molar-refractivity contribution < 1.29 is 47.9 Å². The van der Waals surface area contributed by atoms with Crippen LogP contribution in [0.25, 0.3) is 11.1 Å². The lowest BCUT2D eigenvalue weighted by molar-refractivity contribution is -0.335. The van der Waals surface area contributed by atoms with Crippen LogP contribution in [0, 0.1) is 5.41 Å². The number of hydrogen-bond donors (Lipinski definition) is 0. The molecule has 13 heteroatoms. The first-order valence-electron chi connectivity index (χ1n) is 9.06. The summed E-state index contributed by atoms with van der Waals surface area (Å²) in [5.74, 6) is 0. The van der Waals surface area contributed by atoms with Crippen molar-refractivity contribution in [3.63, 3.8) is 0 Å². The molecule has 0 saturated heterocycles. The molecule has 0 atom stereocenters. The van der Waals surface area contributed by atoms with E-state index in [2.05, 4.69) is 4.98 Å². The van der Waals surface area contributed by atoms with Gasteiger partial charge in [0.1, 0.15) is 5.69 Å². The number of halogens is 9. The van der Waals surface area contributed by atoms with Crippen LogP contribution in [-0.2, 0) is 16.0 Å². The lowest BCUT2D eigenvalue weighted by atomic mass is 9.81. The number of alkyl halides is 9. The summed E-state index contributed by atoms with van der Waals surface area (Å²) in [5, 5.41) is 0. The van der Waals surface area contributed by atoms with Gasteiger partial charge >= 0.3 is 18.5 Å². The van der Waals surface area contributed by atoms with Crippen LogP contribution in [0.15, 0.2) is 47.5 Å². The van der Waals surface area contributed by atoms with Crippen molar-refractivity contribution in [1.29, 1.82) is 0 Å². The van der Waals surface area contributed by atoms with Crippen LogP contribution in [0.4, 0.5) is 39.5 Å². The fourth-order valence-corrected chi connectivity index (χ4v) is 4.27. The maximum Gasteiger partial charge on any atom is 0.433 e. The summed E-state index contributed by atoms with van der Waals surface area (Å²) in [6.07, 6.45) is -17.9. The van der Waals surface area contributed by atoms with Gasteiger partial charge in [0.15, 0.2) is 15.3 Å². The van der Waals surface area contributed by atoms with Crippen LogP contribution in [0.1, 0.15) is 29.7 Å². The van der Waals surface area contributed by atoms with Crippen molar-refractivity contribution in [3.05, 3.63) is 59.4 Å². The van der Waals surface area contributed by atoms with Gasteiger partial charge in [0.25, 0.3) is 0 Å². The predicted molar refractivity (Wildman–Crippen MR) is 99.4 cm³/mol. The molecule has 0 unspecified atom stereocenters. The molecule has 3 nitrogen and oxygen atoms in total. The van der Waals surface area contributed by atoms with Gasteiger partial charge in [0, 0.05) is 12.5 Å². The first kappa shape index (κ1) is 25.1. The van der Waals surface area contributed by atoms with E-state index < -0.39 is 63.5 Å². The zero-order valence-corrected chi connectivity index (χ0v) is 17.3. The molecule has 33 heavy (non-hydrogen) atoms. The molecular weight excluding hydrogens is 489 g/mol. The van der Waals surface area contributed by atoms with Gasteiger partial charge in [-0.3, -0.25) is 4.98 Å². The minimum atomic E-state index is -5.72. The maximum absolute atomic E-state index is 13.7. The summed E-state index contributed by atoms with van der Waals surface area (Å²) in [6, 6.07) is 5.41. The second-order valence-corrected chi connectivity index (χ2v) is 9.63. The molecule has 2 aromatic rings.